The first kappa shape index (κ1) is 14.4. The van der Waals surface area contributed by atoms with Gasteiger partial charge >= 0.3 is 0 Å². The second kappa shape index (κ2) is 5.66. The zero-order valence-electron chi connectivity index (χ0n) is 12.9. The Kier molecular flexibility index (Phi) is 3.87. The summed E-state index contributed by atoms with van der Waals surface area (Å²) in [6.07, 6.45) is 5.84. The maximum absolute atomic E-state index is 6.26. The van der Waals surface area contributed by atoms with Crippen LogP contribution >= 0.6 is 0 Å². The lowest BCUT2D eigenvalue weighted by Gasteiger charge is -2.47. The predicted molar refractivity (Wildman–Crippen MR) is 85.0 cm³/mol. The highest BCUT2D eigenvalue weighted by molar-refractivity contribution is 5.39. The molecular weight excluding hydrogens is 260 g/mol. The Hall–Kier alpha value is -1.58. The Balaban J connectivity index is 1.98. The van der Waals surface area contributed by atoms with Crippen LogP contribution in [0.3, 0.4) is 0 Å². The van der Waals surface area contributed by atoms with E-state index in [4.69, 9.17) is 10.2 Å². The Morgan fingerprint density at radius 1 is 1.33 bits per heavy atom. The van der Waals surface area contributed by atoms with E-state index < -0.39 is 0 Å². The van der Waals surface area contributed by atoms with Gasteiger partial charge in [0.05, 0.1) is 18.1 Å². The van der Waals surface area contributed by atoms with Gasteiger partial charge in [-0.1, -0.05) is 31.2 Å². The van der Waals surface area contributed by atoms with Crippen LogP contribution in [-0.4, -0.2) is 18.5 Å². The molecule has 112 valence electrons. The molecule has 1 aromatic carbocycles. The van der Waals surface area contributed by atoms with E-state index in [2.05, 4.69) is 43.1 Å². The minimum absolute atomic E-state index is 0.0691. The Morgan fingerprint density at radius 3 is 2.86 bits per heavy atom. The number of nitrogens with two attached hydrogens (primary N) is 1. The van der Waals surface area contributed by atoms with Crippen LogP contribution in [-0.2, 0) is 12.1 Å². The molecule has 0 spiro atoms. The average Bonchev–Trinajstić information content (AvgIpc) is 3.01. The molecule has 1 aliphatic carbocycles. The van der Waals surface area contributed by atoms with E-state index in [9.17, 15) is 0 Å². The number of nitrogens with zero attached hydrogens (tertiary/aromatic N) is 1. The van der Waals surface area contributed by atoms with Gasteiger partial charge in [-0.25, -0.2) is 0 Å². The number of hydrogen-bond acceptors (Lipinski definition) is 3. The highest BCUT2D eigenvalue weighted by Crippen LogP contribution is 2.44. The summed E-state index contributed by atoms with van der Waals surface area (Å²) < 4.78 is 5.20. The van der Waals surface area contributed by atoms with Crippen LogP contribution in [0.15, 0.2) is 47.3 Å². The lowest BCUT2D eigenvalue weighted by molar-refractivity contribution is 0.0918. The Morgan fingerprint density at radius 2 is 2.14 bits per heavy atom. The number of likely N-dealkylation sites (N-methyl/N-ethyl adjacent to an activating group) is 1. The third-order valence-electron chi connectivity index (χ3n) is 5.05. The zero-order valence-corrected chi connectivity index (χ0v) is 12.9. The molecule has 2 N–H and O–H groups in total. The van der Waals surface area contributed by atoms with Crippen LogP contribution in [0.2, 0.25) is 0 Å². The third-order valence-corrected chi connectivity index (χ3v) is 5.05. The summed E-state index contributed by atoms with van der Waals surface area (Å²) in [5.74, 6) is 0.614. The van der Waals surface area contributed by atoms with Gasteiger partial charge in [0.2, 0.25) is 0 Å². The van der Waals surface area contributed by atoms with Crippen LogP contribution in [0, 0.1) is 0 Å². The van der Waals surface area contributed by atoms with Gasteiger partial charge in [0.15, 0.2) is 0 Å². The summed E-state index contributed by atoms with van der Waals surface area (Å²) >= 11 is 0. The van der Waals surface area contributed by atoms with Crippen molar-refractivity contribution in [2.45, 2.75) is 37.8 Å². The first-order chi connectivity index (χ1) is 10.2. The molecule has 0 radical (unpaired) electrons. The highest BCUT2D eigenvalue weighted by atomic mass is 16.3. The lowest BCUT2D eigenvalue weighted by atomic mass is 9.71. The summed E-state index contributed by atoms with van der Waals surface area (Å²) in [5.41, 5.74) is 10.2. The molecule has 2 aromatic rings. The standard InChI is InChI=1S/C18H24N2O/c1-14-7-9-18(13-19,17-6-4-3-5-16(14)17)20(2)11-15-8-10-21-12-15/h3-6,8,10,12,14H,7,9,11,13,19H2,1-2H3. The normalized spacial score (nSPS) is 25.0. The molecule has 0 saturated carbocycles. The second-order valence-corrected chi connectivity index (χ2v) is 6.25. The van der Waals surface area contributed by atoms with Crippen molar-refractivity contribution in [3.63, 3.8) is 0 Å². The van der Waals surface area contributed by atoms with Crippen molar-refractivity contribution in [2.75, 3.05) is 13.6 Å². The number of furan rings is 1. The van der Waals surface area contributed by atoms with Gasteiger partial charge in [-0.05, 0) is 43.0 Å². The fourth-order valence-corrected chi connectivity index (χ4v) is 3.67. The number of benzene rings is 1. The van der Waals surface area contributed by atoms with E-state index in [0.717, 1.165) is 13.0 Å². The number of rotatable bonds is 4. The minimum atomic E-state index is -0.0691. The molecule has 2 unspecified atom stereocenters. The van der Waals surface area contributed by atoms with Crippen LogP contribution in [0.5, 0.6) is 0 Å². The van der Waals surface area contributed by atoms with E-state index in [0.29, 0.717) is 12.5 Å². The lowest BCUT2D eigenvalue weighted by Crippen LogP contribution is -2.51. The molecule has 1 aromatic heterocycles. The molecule has 0 fully saturated rings. The molecule has 3 nitrogen and oxygen atoms in total. The van der Waals surface area contributed by atoms with Crippen molar-refractivity contribution in [2.24, 2.45) is 5.73 Å². The maximum atomic E-state index is 6.26. The Bertz CT molecular complexity index is 593. The summed E-state index contributed by atoms with van der Waals surface area (Å²) in [7, 11) is 2.17. The third kappa shape index (κ3) is 2.41. The molecule has 0 bridgehead atoms. The molecule has 0 aliphatic heterocycles. The van der Waals surface area contributed by atoms with Crippen molar-refractivity contribution in [1.82, 2.24) is 4.90 Å². The molecule has 1 aliphatic rings. The van der Waals surface area contributed by atoms with E-state index >= 15 is 0 Å². The summed E-state index contributed by atoms with van der Waals surface area (Å²) in [6, 6.07) is 10.8. The zero-order chi connectivity index (χ0) is 14.9. The van der Waals surface area contributed by atoms with Gasteiger partial charge in [-0.15, -0.1) is 0 Å². The molecule has 2 atom stereocenters. The maximum Gasteiger partial charge on any atom is 0.0947 e. The summed E-state index contributed by atoms with van der Waals surface area (Å²) in [6.45, 7) is 3.82. The minimum Gasteiger partial charge on any atom is -0.472 e. The van der Waals surface area contributed by atoms with Crippen molar-refractivity contribution in [3.8, 4) is 0 Å². The fourth-order valence-electron chi connectivity index (χ4n) is 3.67. The number of hydrogen-bond donors (Lipinski definition) is 1. The molecule has 3 heteroatoms. The van der Waals surface area contributed by atoms with Gasteiger partial charge in [-0.2, -0.15) is 0 Å². The van der Waals surface area contributed by atoms with Crippen LogP contribution in [0.25, 0.3) is 0 Å². The van der Waals surface area contributed by atoms with Crippen molar-refractivity contribution < 1.29 is 4.42 Å². The van der Waals surface area contributed by atoms with Crippen molar-refractivity contribution >= 4 is 0 Å². The molecule has 21 heavy (non-hydrogen) atoms. The van der Waals surface area contributed by atoms with E-state index in [1.807, 2.05) is 12.3 Å². The van der Waals surface area contributed by atoms with E-state index in [-0.39, 0.29) is 5.54 Å². The summed E-state index contributed by atoms with van der Waals surface area (Å²) in [4.78, 5) is 2.39. The Labute approximate surface area is 126 Å². The van der Waals surface area contributed by atoms with Gasteiger partial charge < -0.3 is 10.2 Å². The quantitative estimate of drug-likeness (QED) is 0.935. The van der Waals surface area contributed by atoms with Gasteiger partial charge in [0.25, 0.3) is 0 Å². The molecule has 0 amide bonds. The van der Waals surface area contributed by atoms with Crippen LogP contribution < -0.4 is 5.73 Å². The van der Waals surface area contributed by atoms with Crippen LogP contribution in [0.1, 0.15) is 42.4 Å². The second-order valence-electron chi connectivity index (χ2n) is 6.25. The number of fused-ring (bicyclic) bond motifs is 1. The van der Waals surface area contributed by atoms with Crippen LogP contribution in [0.4, 0.5) is 0 Å². The predicted octanol–water partition coefficient (Wildman–Crippen LogP) is 3.46. The van der Waals surface area contributed by atoms with E-state index in [1.165, 1.54) is 23.1 Å². The first-order valence-electron chi connectivity index (χ1n) is 7.69. The largest absolute Gasteiger partial charge is 0.472 e. The van der Waals surface area contributed by atoms with Gasteiger partial charge in [-0.3, -0.25) is 4.90 Å². The van der Waals surface area contributed by atoms with Gasteiger partial charge in [0, 0.05) is 18.7 Å². The fraction of sp³-hybridized carbons (Fsp3) is 0.444. The van der Waals surface area contributed by atoms with E-state index in [1.54, 1.807) is 6.26 Å². The SMILES string of the molecule is CC1CCC(CN)(N(C)Cc2ccoc2)c2ccccc21. The first-order valence-corrected chi connectivity index (χ1v) is 7.69. The smallest absolute Gasteiger partial charge is 0.0947 e. The van der Waals surface area contributed by atoms with Crippen molar-refractivity contribution in [3.05, 3.63) is 59.5 Å². The summed E-state index contributed by atoms with van der Waals surface area (Å²) in [5, 5.41) is 0. The molecule has 3 rings (SSSR count). The topological polar surface area (TPSA) is 42.4 Å². The average molecular weight is 284 g/mol. The van der Waals surface area contributed by atoms with Gasteiger partial charge in [0.1, 0.15) is 0 Å². The molecule has 0 saturated heterocycles. The van der Waals surface area contributed by atoms with Crippen molar-refractivity contribution in [1.29, 1.82) is 0 Å². The molecular formula is C18H24N2O. The molecule has 1 heterocycles. The monoisotopic (exact) mass is 284 g/mol. The highest BCUT2D eigenvalue weighted by Gasteiger charge is 2.40.